The molecule has 1 aromatic heterocycles. The highest BCUT2D eigenvalue weighted by molar-refractivity contribution is 7.91. The summed E-state index contributed by atoms with van der Waals surface area (Å²) in [4.78, 5) is 3.90. The second-order valence-electron chi connectivity index (χ2n) is 4.10. The first kappa shape index (κ1) is 11.5. The molecular weight excluding hydrogens is 224 g/mol. The van der Waals surface area contributed by atoms with Gasteiger partial charge >= 0.3 is 0 Å². The van der Waals surface area contributed by atoms with Gasteiger partial charge in [-0.05, 0) is 31.5 Å². The van der Waals surface area contributed by atoms with E-state index in [4.69, 9.17) is 0 Å². The van der Waals surface area contributed by atoms with Crippen LogP contribution in [0.25, 0.3) is 0 Å². The van der Waals surface area contributed by atoms with Crippen LogP contribution in [0.15, 0.2) is 29.4 Å². The molecule has 1 fully saturated rings. The Kier molecular flexibility index (Phi) is 3.56. The predicted molar refractivity (Wildman–Crippen MR) is 61.9 cm³/mol. The smallest absolute Gasteiger partial charge is 0.197 e. The molecule has 0 radical (unpaired) electrons. The number of rotatable bonds is 3. The summed E-state index contributed by atoms with van der Waals surface area (Å²) in [5, 5.41) is 3.42. The maximum Gasteiger partial charge on any atom is 0.197 e. The molecule has 1 aliphatic heterocycles. The van der Waals surface area contributed by atoms with Crippen molar-refractivity contribution >= 4 is 9.84 Å². The Labute approximate surface area is 96.0 Å². The molecule has 0 bridgehead atoms. The van der Waals surface area contributed by atoms with E-state index in [2.05, 4.69) is 10.3 Å². The number of nitrogens with one attached hydrogen (secondary N) is 1. The van der Waals surface area contributed by atoms with Gasteiger partial charge in [-0.25, -0.2) is 13.4 Å². The lowest BCUT2D eigenvalue weighted by molar-refractivity contribution is 0.423. The summed E-state index contributed by atoms with van der Waals surface area (Å²) in [7, 11) is -3.23. The molecular formula is C11H16N2O2S. The second-order valence-corrected chi connectivity index (χ2v) is 6.08. The van der Waals surface area contributed by atoms with Crippen LogP contribution in [0.4, 0.5) is 0 Å². The topological polar surface area (TPSA) is 59.1 Å². The predicted octanol–water partition coefficient (Wildman–Crippen LogP) is 0.997. The highest BCUT2D eigenvalue weighted by atomic mass is 32.2. The zero-order valence-corrected chi connectivity index (χ0v) is 9.91. The molecule has 0 spiro atoms. The van der Waals surface area contributed by atoms with Gasteiger partial charge in [0.25, 0.3) is 0 Å². The van der Waals surface area contributed by atoms with Crippen LogP contribution in [-0.4, -0.2) is 31.7 Å². The molecule has 0 saturated carbocycles. The summed E-state index contributed by atoms with van der Waals surface area (Å²) in [5.74, 6) is 0.157. The molecule has 0 aromatic carbocycles. The van der Waals surface area contributed by atoms with Gasteiger partial charge < -0.3 is 5.32 Å². The van der Waals surface area contributed by atoms with Crippen molar-refractivity contribution in [3.8, 4) is 0 Å². The largest absolute Gasteiger partial charge is 0.313 e. The number of hydrogen-bond acceptors (Lipinski definition) is 4. The van der Waals surface area contributed by atoms with Gasteiger partial charge in [0.15, 0.2) is 14.9 Å². The molecule has 0 unspecified atom stereocenters. The van der Waals surface area contributed by atoms with E-state index in [1.165, 1.54) is 6.20 Å². The SMILES string of the molecule is O=S(=O)(C[C@H]1CCCCN1)c1ccccn1. The van der Waals surface area contributed by atoms with Crippen LogP contribution in [0, 0.1) is 0 Å². The van der Waals surface area contributed by atoms with Crippen LogP contribution in [0.5, 0.6) is 0 Å². The van der Waals surface area contributed by atoms with Crippen molar-refractivity contribution in [2.45, 2.75) is 30.3 Å². The fourth-order valence-corrected chi connectivity index (χ4v) is 3.44. The standard InChI is InChI=1S/C11H16N2O2S/c14-16(15,11-6-2-4-8-13-11)9-10-5-1-3-7-12-10/h2,4,6,8,10,12H,1,3,5,7,9H2/t10-/m1/s1. The number of nitrogens with zero attached hydrogens (tertiary/aromatic N) is 1. The van der Waals surface area contributed by atoms with Crippen molar-refractivity contribution in [2.24, 2.45) is 0 Å². The number of sulfone groups is 1. The molecule has 88 valence electrons. The van der Waals surface area contributed by atoms with E-state index in [-0.39, 0.29) is 16.8 Å². The van der Waals surface area contributed by atoms with Gasteiger partial charge in [-0.2, -0.15) is 0 Å². The maximum atomic E-state index is 12.0. The lowest BCUT2D eigenvalue weighted by Gasteiger charge is -2.22. The van der Waals surface area contributed by atoms with Crippen LogP contribution < -0.4 is 5.32 Å². The molecule has 1 N–H and O–H groups in total. The van der Waals surface area contributed by atoms with E-state index in [0.717, 1.165) is 25.8 Å². The minimum absolute atomic E-state index is 0.0840. The first-order valence-corrected chi connectivity index (χ1v) is 7.21. The fourth-order valence-electron chi connectivity index (χ4n) is 1.95. The summed E-state index contributed by atoms with van der Waals surface area (Å²) in [6, 6.07) is 5.06. The van der Waals surface area contributed by atoms with Crippen LogP contribution in [-0.2, 0) is 9.84 Å². The van der Waals surface area contributed by atoms with Gasteiger partial charge in [-0.1, -0.05) is 12.5 Å². The van der Waals surface area contributed by atoms with Crippen molar-refractivity contribution in [1.29, 1.82) is 0 Å². The minimum atomic E-state index is -3.23. The van der Waals surface area contributed by atoms with E-state index in [0.29, 0.717) is 0 Å². The van der Waals surface area contributed by atoms with Crippen molar-refractivity contribution in [3.05, 3.63) is 24.4 Å². The second kappa shape index (κ2) is 4.93. The van der Waals surface area contributed by atoms with Gasteiger partial charge in [0.1, 0.15) is 0 Å². The average Bonchev–Trinajstić information content (AvgIpc) is 2.31. The quantitative estimate of drug-likeness (QED) is 0.856. The van der Waals surface area contributed by atoms with Gasteiger partial charge in [0.2, 0.25) is 0 Å². The number of hydrogen-bond donors (Lipinski definition) is 1. The molecule has 1 atom stereocenters. The molecule has 0 aliphatic carbocycles. The summed E-state index contributed by atoms with van der Waals surface area (Å²) in [5.41, 5.74) is 0. The molecule has 2 heterocycles. The van der Waals surface area contributed by atoms with Crippen molar-refractivity contribution < 1.29 is 8.42 Å². The molecule has 1 aromatic rings. The normalized spacial score (nSPS) is 21.9. The van der Waals surface area contributed by atoms with E-state index in [1.54, 1.807) is 18.2 Å². The zero-order chi connectivity index (χ0) is 11.4. The zero-order valence-electron chi connectivity index (χ0n) is 9.09. The van der Waals surface area contributed by atoms with Gasteiger partial charge in [0.05, 0.1) is 5.75 Å². The third-order valence-corrected chi connectivity index (χ3v) is 4.51. The highest BCUT2D eigenvalue weighted by Crippen LogP contribution is 2.13. The van der Waals surface area contributed by atoms with Crippen LogP contribution in [0.2, 0.25) is 0 Å². The van der Waals surface area contributed by atoms with Gasteiger partial charge in [0, 0.05) is 12.2 Å². The Bertz CT molecular complexity index is 425. The summed E-state index contributed by atoms with van der Waals surface area (Å²) >= 11 is 0. The Hall–Kier alpha value is -0.940. The van der Waals surface area contributed by atoms with Gasteiger partial charge in [-0.15, -0.1) is 0 Å². The number of pyridine rings is 1. The third kappa shape index (κ3) is 2.80. The lowest BCUT2D eigenvalue weighted by Crippen LogP contribution is -2.39. The van der Waals surface area contributed by atoms with E-state index >= 15 is 0 Å². The molecule has 1 saturated heterocycles. The van der Waals surface area contributed by atoms with Crippen molar-refractivity contribution in [2.75, 3.05) is 12.3 Å². The number of aromatic nitrogens is 1. The molecule has 1 aliphatic rings. The number of piperidine rings is 1. The molecule has 0 amide bonds. The van der Waals surface area contributed by atoms with Crippen LogP contribution in [0.3, 0.4) is 0 Å². The van der Waals surface area contributed by atoms with E-state index in [1.807, 2.05) is 0 Å². The Morgan fingerprint density at radius 3 is 2.88 bits per heavy atom. The average molecular weight is 240 g/mol. The first-order valence-electron chi connectivity index (χ1n) is 5.56. The van der Waals surface area contributed by atoms with Crippen LogP contribution in [0.1, 0.15) is 19.3 Å². The molecule has 4 nitrogen and oxygen atoms in total. The Balaban J connectivity index is 2.08. The summed E-state index contributed by atoms with van der Waals surface area (Å²) < 4.78 is 24.0. The Morgan fingerprint density at radius 2 is 2.25 bits per heavy atom. The van der Waals surface area contributed by atoms with Crippen molar-refractivity contribution in [3.63, 3.8) is 0 Å². The minimum Gasteiger partial charge on any atom is -0.313 e. The monoisotopic (exact) mass is 240 g/mol. The molecule has 5 heteroatoms. The third-order valence-electron chi connectivity index (χ3n) is 2.79. The maximum absolute atomic E-state index is 12.0. The molecule has 2 rings (SSSR count). The van der Waals surface area contributed by atoms with E-state index in [9.17, 15) is 8.42 Å². The fraction of sp³-hybridized carbons (Fsp3) is 0.545. The Morgan fingerprint density at radius 1 is 1.38 bits per heavy atom. The molecule has 16 heavy (non-hydrogen) atoms. The summed E-state index contributed by atoms with van der Waals surface area (Å²) in [6.45, 7) is 0.919. The highest BCUT2D eigenvalue weighted by Gasteiger charge is 2.23. The van der Waals surface area contributed by atoms with E-state index < -0.39 is 9.84 Å². The summed E-state index contributed by atoms with van der Waals surface area (Å²) in [6.07, 6.45) is 4.70. The lowest BCUT2D eigenvalue weighted by atomic mass is 10.1. The first-order chi connectivity index (χ1) is 7.68. The van der Waals surface area contributed by atoms with Crippen LogP contribution >= 0.6 is 0 Å². The van der Waals surface area contributed by atoms with Crippen molar-refractivity contribution in [1.82, 2.24) is 10.3 Å². The van der Waals surface area contributed by atoms with Gasteiger partial charge in [-0.3, -0.25) is 0 Å².